The second kappa shape index (κ2) is 13.4. The van der Waals surface area contributed by atoms with Gasteiger partial charge in [0.05, 0.1) is 24.8 Å². The first kappa shape index (κ1) is 28.3. The van der Waals surface area contributed by atoms with Gasteiger partial charge in [-0.15, -0.1) is 0 Å². The summed E-state index contributed by atoms with van der Waals surface area (Å²) in [5, 5.41) is 1.17. The van der Waals surface area contributed by atoms with Crippen LogP contribution in [0.5, 0.6) is 0 Å². The van der Waals surface area contributed by atoms with Gasteiger partial charge in [-0.05, 0) is 73.3 Å². The minimum Gasteiger partial charge on any atom is -0.379 e. The predicted octanol–water partition coefficient (Wildman–Crippen LogP) is 5.41. The van der Waals surface area contributed by atoms with Crippen LogP contribution < -0.4 is 0 Å². The molecule has 3 aliphatic heterocycles. The molecule has 41 heavy (non-hydrogen) atoms. The van der Waals surface area contributed by atoms with Gasteiger partial charge < -0.3 is 19.1 Å². The molecule has 2 aromatic carbocycles. The molecule has 3 aliphatic rings. The van der Waals surface area contributed by atoms with Crippen LogP contribution in [0.4, 0.5) is 0 Å². The first-order chi connectivity index (χ1) is 20.2. The number of piperidine rings is 1. The maximum absolute atomic E-state index is 12.9. The van der Waals surface area contributed by atoms with Crippen molar-refractivity contribution in [2.24, 2.45) is 5.92 Å². The Hall–Kier alpha value is -2.84. The second-order valence-corrected chi connectivity index (χ2v) is 11.7. The number of carbonyl (C=O) groups excluding carboxylic acids is 1. The Kier molecular flexibility index (Phi) is 9.26. The average molecular weight is 558 g/mol. The Balaban J connectivity index is 1.15. The molecule has 1 unspecified atom stereocenters. The third-order valence-corrected chi connectivity index (χ3v) is 9.08. The van der Waals surface area contributed by atoms with Crippen LogP contribution >= 0.6 is 0 Å². The summed E-state index contributed by atoms with van der Waals surface area (Å²) in [4.78, 5) is 22.0. The van der Waals surface area contributed by atoms with Gasteiger partial charge in [0, 0.05) is 57.5 Å². The van der Waals surface area contributed by atoms with Crippen LogP contribution in [0.2, 0.25) is 0 Å². The summed E-state index contributed by atoms with van der Waals surface area (Å²) in [5.74, 6) is 0.554. The molecule has 6 rings (SSSR count). The molecule has 3 saturated heterocycles. The summed E-state index contributed by atoms with van der Waals surface area (Å²) in [6.45, 7) is 9.85. The van der Waals surface area contributed by atoms with Crippen molar-refractivity contribution in [2.75, 3.05) is 59.2 Å². The molecule has 0 bridgehead atoms. The number of fused-ring (bicyclic) bond motifs is 1. The molecule has 0 radical (unpaired) electrons. The van der Waals surface area contributed by atoms with Gasteiger partial charge in [-0.3, -0.25) is 14.7 Å². The fraction of sp³-hybridized carbons (Fsp3) is 0.529. The van der Waals surface area contributed by atoms with E-state index < -0.39 is 0 Å². The average Bonchev–Trinajstić information content (AvgIpc) is 3.57. The molecule has 7 nitrogen and oxygen atoms in total. The lowest BCUT2D eigenvalue weighted by atomic mass is 9.86. The van der Waals surface area contributed by atoms with E-state index in [1.54, 1.807) is 0 Å². The van der Waals surface area contributed by atoms with Crippen LogP contribution in [0.1, 0.15) is 49.3 Å². The molecular weight excluding hydrogens is 514 g/mol. The highest BCUT2D eigenvalue weighted by atomic mass is 16.5. The van der Waals surface area contributed by atoms with Gasteiger partial charge in [0.1, 0.15) is 6.10 Å². The van der Waals surface area contributed by atoms with Gasteiger partial charge in [-0.25, -0.2) is 0 Å². The highest BCUT2D eigenvalue weighted by Gasteiger charge is 2.34. The number of hydrogen-bond acceptors (Lipinski definition) is 6. The van der Waals surface area contributed by atoms with E-state index >= 15 is 0 Å². The lowest BCUT2D eigenvalue weighted by molar-refractivity contribution is -0.143. The number of pyridine rings is 1. The Morgan fingerprint density at radius 3 is 2.56 bits per heavy atom. The Labute approximate surface area is 243 Å². The van der Waals surface area contributed by atoms with E-state index in [0.29, 0.717) is 12.5 Å². The largest absolute Gasteiger partial charge is 0.379 e. The fourth-order valence-electron chi connectivity index (χ4n) is 6.68. The highest BCUT2D eigenvalue weighted by molar-refractivity contribution is 5.88. The Morgan fingerprint density at radius 2 is 1.80 bits per heavy atom. The number of nitrogens with zero attached hydrogens (tertiary/aromatic N) is 3. The summed E-state index contributed by atoms with van der Waals surface area (Å²) in [7, 11) is 0. The van der Waals surface area contributed by atoms with E-state index in [1.807, 2.05) is 17.2 Å². The number of aryl methyl sites for hydroxylation is 1. The van der Waals surface area contributed by atoms with Crippen LogP contribution in [0.3, 0.4) is 0 Å². The molecule has 4 heterocycles. The maximum Gasteiger partial charge on any atom is 0.251 e. The zero-order valence-electron chi connectivity index (χ0n) is 24.3. The van der Waals surface area contributed by atoms with Crippen molar-refractivity contribution in [1.82, 2.24) is 14.8 Å². The fourth-order valence-corrected chi connectivity index (χ4v) is 6.68. The summed E-state index contributed by atoms with van der Waals surface area (Å²) in [5.41, 5.74) is 5.89. The Morgan fingerprint density at radius 1 is 1.00 bits per heavy atom. The number of likely N-dealkylation sites (tertiary alicyclic amines) is 1. The normalized spacial score (nSPS) is 21.4. The van der Waals surface area contributed by atoms with Crippen LogP contribution in [0.25, 0.3) is 22.0 Å². The van der Waals surface area contributed by atoms with E-state index in [-0.39, 0.29) is 18.1 Å². The van der Waals surface area contributed by atoms with Crippen molar-refractivity contribution in [3.8, 4) is 11.1 Å². The van der Waals surface area contributed by atoms with Crippen molar-refractivity contribution in [2.45, 2.75) is 51.2 Å². The maximum atomic E-state index is 12.9. The van der Waals surface area contributed by atoms with Gasteiger partial charge in [0.25, 0.3) is 5.91 Å². The summed E-state index contributed by atoms with van der Waals surface area (Å²) in [6, 6.07) is 17.4. The summed E-state index contributed by atoms with van der Waals surface area (Å²) < 4.78 is 17.9. The van der Waals surface area contributed by atoms with Crippen molar-refractivity contribution < 1.29 is 19.0 Å². The zero-order chi connectivity index (χ0) is 28.0. The van der Waals surface area contributed by atoms with E-state index in [4.69, 9.17) is 14.2 Å². The van der Waals surface area contributed by atoms with Crippen LogP contribution in [0.15, 0.2) is 54.7 Å². The van der Waals surface area contributed by atoms with Crippen molar-refractivity contribution in [3.05, 3.63) is 65.9 Å². The molecule has 3 fully saturated rings. The van der Waals surface area contributed by atoms with Gasteiger partial charge >= 0.3 is 0 Å². The molecule has 7 heteroatoms. The van der Waals surface area contributed by atoms with E-state index in [2.05, 4.69) is 59.3 Å². The smallest absolute Gasteiger partial charge is 0.251 e. The van der Waals surface area contributed by atoms with Crippen LogP contribution in [-0.2, 0) is 19.0 Å². The lowest BCUT2D eigenvalue weighted by Crippen LogP contribution is -2.44. The molecule has 0 spiro atoms. The summed E-state index contributed by atoms with van der Waals surface area (Å²) >= 11 is 0. The minimum absolute atomic E-state index is 0.0214. The van der Waals surface area contributed by atoms with E-state index in [0.717, 1.165) is 90.2 Å². The van der Waals surface area contributed by atoms with E-state index in [9.17, 15) is 4.79 Å². The van der Waals surface area contributed by atoms with Crippen LogP contribution in [-0.4, -0.2) is 85.9 Å². The van der Waals surface area contributed by atoms with Crippen LogP contribution in [0, 0.1) is 12.8 Å². The SMILES string of the molecule is Cc1c(-c2ccc(C(OCCCN3CCOCC3)C3CCN(C(=O)[C@H]4CCCO4)CC3)cc2)ccc2cccnc12. The number of carbonyl (C=O) groups is 1. The minimum atomic E-state index is -0.236. The number of aromatic nitrogens is 1. The molecule has 0 saturated carbocycles. The second-order valence-electron chi connectivity index (χ2n) is 11.7. The third kappa shape index (κ3) is 6.64. The lowest BCUT2D eigenvalue weighted by Gasteiger charge is -2.37. The first-order valence-corrected chi connectivity index (χ1v) is 15.4. The van der Waals surface area contributed by atoms with E-state index in [1.165, 1.54) is 27.6 Å². The van der Waals surface area contributed by atoms with Crippen molar-refractivity contribution in [3.63, 3.8) is 0 Å². The van der Waals surface area contributed by atoms with Gasteiger partial charge in [0.2, 0.25) is 0 Å². The third-order valence-electron chi connectivity index (χ3n) is 9.08. The Bertz CT molecular complexity index is 1290. The molecule has 0 aliphatic carbocycles. The number of morpholine rings is 1. The topological polar surface area (TPSA) is 64.1 Å². The van der Waals surface area contributed by atoms with Gasteiger partial charge in [0.15, 0.2) is 0 Å². The molecule has 1 aromatic heterocycles. The molecule has 2 atom stereocenters. The number of ether oxygens (including phenoxy) is 3. The van der Waals surface area contributed by atoms with Gasteiger partial charge in [-0.2, -0.15) is 0 Å². The molecule has 218 valence electrons. The number of amides is 1. The first-order valence-electron chi connectivity index (χ1n) is 15.4. The highest BCUT2D eigenvalue weighted by Crippen LogP contribution is 2.36. The number of benzene rings is 2. The summed E-state index contributed by atoms with van der Waals surface area (Å²) in [6.07, 6.45) is 6.39. The van der Waals surface area contributed by atoms with Crippen molar-refractivity contribution >= 4 is 16.8 Å². The standard InChI is InChI=1S/C34H43N3O4/c1-25-30(12-11-27-5-2-15-35-32(25)27)26-7-9-28(10-8-26)33(41-22-4-16-36-19-23-39-24-20-36)29-13-17-37(18-14-29)34(38)31-6-3-21-40-31/h2,5,7-12,15,29,31,33H,3-4,6,13-14,16-24H2,1H3/t31-,33?/m1/s1. The molecule has 3 aromatic rings. The van der Waals surface area contributed by atoms with Crippen molar-refractivity contribution in [1.29, 1.82) is 0 Å². The zero-order valence-corrected chi connectivity index (χ0v) is 24.3. The molecule has 1 amide bonds. The molecule has 0 N–H and O–H groups in total. The molecular formula is C34H43N3O4. The monoisotopic (exact) mass is 557 g/mol. The quantitative estimate of drug-likeness (QED) is 0.328. The number of rotatable bonds is 9. The predicted molar refractivity (Wildman–Crippen MR) is 161 cm³/mol. The van der Waals surface area contributed by atoms with Gasteiger partial charge in [-0.1, -0.05) is 42.5 Å². The number of hydrogen-bond donors (Lipinski definition) is 0.